The van der Waals surface area contributed by atoms with Gasteiger partial charge in [-0.05, 0) is 43.5 Å². The molecule has 8 heteroatoms. The molecule has 1 aromatic carbocycles. The lowest BCUT2D eigenvalue weighted by Crippen LogP contribution is -2.19. The second-order valence-electron chi connectivity index (χ2n) is 7.56. The van der Waals surface area contributed by atoms with Crippen LogP contribution in [0.3, 0.4) is 0 Å². The van der Waals surface area contributed by atoms with Crippen LogP contribution in [0.15, 0.2) is 29.1 Å². The van der Waals surface area contributed by atoms with Crippen molar-refractivity contribution in [3.05, 3.63) is 45.9 Å². The molecular weight excluding hydrogens is 384 g/mol. The maximum Gasteiger partial charge on any atom is 0.328 e. The van der Waals surface area contributed by atoms with Crippen LogP contribution in [0, 0.1) is 6.92 Å². The van der Waals surface area contributed by atoms with E-state index in [0.717, 1.165) is 37.5 Å². The minimum absolute atomic E-state index is 0.224. The van der Waals surface area contributed by atoms with Gasteiger partial charge in [-0.2, -0.15) is 5.10 Å². The highest BCUT2D eigenvalue weighted by Gasteiger charge is 2.23. The van der Waals surface area contributed by atoms with E-state index in [0.29, 0.717) is 33.7 Å². The molecule has 1 aliphatic rings. The highest BCUT2D eigenvalue weighted by atomic mass is 16.5. The average molecular weight is 408 g/mol. The van der Waals surface area contributed by atoms with Crippen LogP contribution in [0.2, 0.25) is 0 Å². The molecule has 0 aliphatic heterocycles. The van der Waals surface area contributed by atoms with E-state index in [1.54, 1.807) is 18.2 Å². The Morgan fingerprint density at radius 3 is 2.77 bits per heavy atom. The zero-order chi connectivity index (χ0) is 21.3. The van der Waals surface area contributed by atoms with Crippen LogP contribution in [0.1, 0.15) is 49.4 Å². The fourth-order valence-electron chi connectivity index (χ4n) is 4.08. The smallest absolute Gasteiger partial charge is 0.328 e. The predicted molar refractivity (Wildman–Crippen MR) is 114 cm³/mol. The van der Waals surface area contributed by atoms with Crippen molar-refractivity contribution in [2.45, 2.75) is 45.1 Å². The summed E-state index contributed by atoms with van der Waals surface area (Å²) in [5.41, 5.74) is 2.90. The predicted octanol–water partition coefficient (Wildman–Crippen LogP) is 3.71. The van der Waals surface area contributed by atoms with Gasteiger partial charge >= 0.3 is 5.97 Å². The number of ether oxygens (including phenoxy) is 1. The number of aromatic amines is 1. The number of aryl methyl sites for hydroxylation is 1. The molecule has 0 amide bonds. The molecule has 156 valence electrons. The number of rotatable bonds is 5. The van der Waals surface area contributed by atoms with E-state index in [1.807, 2.05) is 11.6 Å². The standard InChI is InChI=1S/C22H24N4O4/c1-13-19-20(26(25-13)15-6-4-3-5-7-15)22(29)24-21(23-19)16-10-8-14(9-11-18(27)28)12-17(16)30-2/h8-12,15H,3-7H2,1-2H3,(H,27,28)(H,23,24,29)/b11-9+. The number of hydrogen-bond acceptors (Lipinski definition) is 5. The van der Waals surface area contributed by atoms with E-state index in [4.69, 9.17) is 14.8 Å². The highest BCUT2D eigenvalue weighted by molar-refractivity contribution is 5.86. The summed E-state index contributed by atoms with van der Waals surface area (Å²) in [5, 5.41) is 13.5. The molecule has 3 aromatic rings. The van der Waals surface area contributed by atoms with Gasteiger partial charge in [0.15, 0.2) is 5.52 Å². The molecule has 2 N–H and O–H groups in total. The van der Waals surface area contributed by atoms with Gasteiger partial charge in [0, 0.05) is 6.08 Å². The van der Waals surface area contributed by atoms with Gasteiger partial charge in [0.2, 0.25) is 0 Å². The van der Waals surface area contributed by atoms with E-state index >= 15 is 0 Å². The van der Waals surface area contributed by atoms with Gasteiger partial charge in [-0.1, -0.05) is 25.3 Å². The number of aromatic nitrogens is 4. The second-order valence-corrected chi connectivity index (χ2v) is 7.56. The number of methoxy groups -OCH3 is 1. The summed E-state index contributed by atoms with van der Waals surface area (Å²) in [7, 11) is 1.52. The number of hydrogen-bond donors (Lipinski definition) is 2. The maximum absolute atomic E-state index is 13.0. The summed E-state index contributed by atoms with van der Waals surface area (Å²) < 4.78 is 7.32. The van der Waals surface area contributed by atoms with E-state index in [2.05, 4.69) is 10.1 Å². The molecule has 4 rings (SSSR count). The maximum atomic E-state index is 13.0. The van der Waals surface area contributed by atoms with Crippen LogP contribution in [-0.4, -0.2) is 37.9 Å². The Kier molecular flexibility index (Phi) is 5.39. The molecule has 1 fully saturated rings. The van der Waals surface area contributed by atoms with Crippen LogP contribution >= 0.6 is 0 Å². The number of H-pyrrole nitrogens is 1. The van der Waals surface area contributed by atoms with Gasteiger partial charge < -0.3 is 14.8 Å². The van der Waals surface area contributed by atoms with Gasteiger partial charge in [0.1, 0.15) is 17.1 Å². The number of fused-ring (bicyclic) bond motifs is 1. The first kappa shape index (κ1) is 19.9. The molecule has 0 radical (unpaired) electrons. The van der Waals surface area contributed by atoms with Crippen molar-refractivity contribution in [1.82, 2.24) is 19.7 Å². The summed E-state index contributed by atoms with van der Waals surface area (Å²) in [6.07, 6.45) is 8.11. The van der Waals surface area contributed by atoms with Crippen LogP contribution in [-0.2, 0) is 4.79 Å². The quantitative estimate of drug-likeness (QED) is 0.623. The van der Waals surface area contributed by atoms with Crippen LogP contribution in [0.5, 0.6) is 5.75 Å². The molecule has 0 spiro atoms. The first-order chi connectivity index (χ1) is 14.5. The van der Waals surface area contributed by atoms with Gasteiger partial charge in [0.05, 0.1) is 24.4 Å². The lowest BCUT2D eigenvalue weighted by Gasteiger charge is -2.22. The highest BCUT2D eigenvalue weighted by Crippen LogP contribution is 2.32. The van der Waals surface area contributed by atoms with Crippen molar-refractivity contribution in [1.29, 1.82) is 0 Å². The molecule has 2 heterocycles. The van der Waals surface area contributed by atoms with E-state index in [1.165, 1.54) is 19.6 Å². The van der Waals surface area contributed by atoms with Gasteiger partial charge in [-0.15, -0.1) is 0 Å². The van der Waals surface area contributed by atoms with Crippen LogP contribution < -0.4 is 10.3 Å². The van der Waals surface area contributed by atoms with Crippen molar-refractivity contribution >= 4 is 23.1 Å². The lowest BCUT2D eigenvalue weighted by atomic mass is 9.95. The Labute approximate surface area is 173 Å². The Morgan fingerprint density at radius 2 is 2.07 bits per heavy atom. The first-order valence-corrected chi connectivity index (χ1v) is 10.1. The second kappa shape index (κ2) is 8.14. The minimum Gasteiger partial charge on any atom is -0.496 e. The van der Waals surface area contributed by atoms with Crippen molar-refractivity contribution in [2.75, 3.05) is 7.11 Å². The summed E-state index contributed by atoms with van der Waals surface area (Å²) in [5.74, 6) is -0.147. The Balaban J connectivity index is 1.80. The zero-order valence-electron chi connectivity index (χ0n) is 17.0. The number of carbonyl (C=O) groups is 1. The van der Waals surface area contributed by atoms with Gasteiger partial charge in [-0.3, -0.25) is 9.48 Å². The Morgan fingerprint density at radius 1 is 1.30 bits per heavy atom. The van der Waals surface area contributed by atoms with E-state index in [-0.39, 0.29) is 11.6 Å². The van der Waals surface area contributed by atoms with Gasteiger partial charge in [0.25, 0.3) is 5.56 Å². The Hall–Kier alpha value is -3.42. The summed E-state index contributed by atoms with van der Waals surface area (Å²) in [4.78, 5) is 31.4. The average Bonchev–Trinajstić information content (AvgIpc) is 3.09. The lowest BCUT2D eigenvalue weighted by molar-refractivity contribution is -0.131. The molecule has 2 aromatic heterocycles. The SMILES string of the molecule is COc1cc(/C=C/C(=O)O)ccc1-c1nc2c(C)nn(C3CCCCC3)c2c(=O)[nH]1. The Bertz CT molecular complexity index is 1190. The third-order valence-electron chi connectivity index (χ3n) is 5.54. The number of nitrogens with zero attached hydrogens (tertiary/aromatic N) is 3. The fraction of sp³-hybridized carbons (Fsp3) is 0.364. The summed E-state index contributed by atoms with van der Waals surface area (Å²) >= 11 is 0. The van der Waals surface area contributed by atoms with E-state index in [9.17, 15) is 9.59 Å². The third-order valence-corrected chi connectivity index (χ3v) is 5.54. The molecule has 0 atom stereocenters. The molecule has 0 bridgehead atoms. The molecule has 8 nitrogen and oxygen atoms in total. The molecule has 0 saturated heterocycles. The monoisotopic (exact) mass is 408 g/mol. The number of nitrogens with one attached hydrogen (secondary N) is 1. The number of aliphatic carboxylic acids is 1. The largest absolute Gasteiger partial charge is 0.496 e. The summed E-state index contributed by atoms with van der Waals surface area (Å²) in [6, 6.07) is 5.45. The zero-order valence-corrected chi connectivity index (χ0v) is 17.0. The van der Waals surface area contributed by atoms with Gasteiger partial charge in [-0.25, -0.2) is 9.78 Å². The van der Waals surface area contributed by atoms with Crippen molar-refractivity contribution in [3.8, 4) is 17.1 Å². The number of carboxylic acid groups (broad SMARTS) is 1. The van der Waals surface area contributed by atoms with Crippen LogP contribution in [0.25, 0.3) is 28.5 Å². The normalized spacial score (nSPS) is 15.1. The molecular formula is C22H24N4O4. The third kappa shape index (κ3) is 3.72. The number of carboxylic acids is 1. The summed E-state index contributed by atoms with van der Waals surface area (Å²) in [6.45, 7) is 1.87. The van der Waals surface area contributed by atoms with E-state index < -0.39 is 5.97 Å². The molecule has 0 unspecified atom stereocenters. The minimum atomic E-state index is -1.03. The molecule has 1 aliphatic carbocycles. The molecule has 1 saturated carbocycles. The topological polar surface area (TPSA) is 110 Å². The fourth-order valence-corrected chi connectivity index (χ4v) is 4.08. The molecule has 30 heavy (non-hydrogen) atoms. The number of benzene rings is 1. The van der Waals surface area contributed by atoms with Crippen molar-refractivity contribution in [2.24, 2.45) is 0 Å². The van der Waals surface area contributed by atoms with Crippen molar-refractivity contribution in [3.63, 3.8) is 0 Å². The first-order valence-electron chi connectivity index (χ1n) is 10.1. The van der Waals surface area contributed by atoms with Crippen molar-refractivity contribution < 1.29 is 14.6 Å². The van der Waals surface area contributed by atoms with Crippen LogP contribution in [0.4, 0.5) is 0 Å².